The Bertz CT molecular complexity index is 337. The minimum atomic E-state index is -0.525. The van der Waals surface area contributed by atoms with Crippen molar-refractivity contribution in [1.82, 2.24) is 5.32 Å². The van der Waals surface area contributed by atoms with E-state index in [1.165, 1.54) is 0 Å². The highest BCUT2D eigenvalue weighted by molar-refractivity contribution is 5.76. The van der Waals surface area contributed by atoms with Crippen LogP contribution >= 0.6 is 0 Å². The molecule has 0 saturated heterocycles. The number of carbonyl (C=O) groups is 1. The summed E-state index contributed by atoms with van der Waals surface area (Å²) < 4.78 is 0. The lowest BCUT2D eigenvalue weighted by Crippen LogP contribution is -2.29. The lowest BCUT2D eigenvalue weighted by Gasteiger charge is -2.15. The van der Waals surface area contributed by atoms with Crippen molar-refractivity contribution < 1.29 is 9.90 Å². The zero-order valence-corrected chi connectivity index (χ0v) is 10.5. The minimum absolute atomic E-state index is 0.0162. The molecule has 1 aromatic carbocycles. The van der Waals surface area contributed by atoms with Gasteiger partial charge in [0.1, 0.15) is 0 Å². The Hall–Kier alpha value is -1.35. The zero-order chi connectivity index (χ0) is 12.7. The van der Waals surface area contributed by atoms with Crippen molar-refractivity contribution in [2.45, 2.75) is 45.3 Å². The van der Waals surface area contributed by atoms with Gasteiger partial charge in [-0.3, -0.25) is 4.79 Å². The Morgan fingerprint density at radius 3 is 2.59 bits per heavy atom. The van der Waals surface area contributed by atoms with Crippen LogP contribution in [-0.2, 0) is 4.79 Å². The lowest BCUT2D eigenvalue weighted by molar-refractivity contribution is -0.123. The van der Waals surface area contributed by atoms with Gasteiger partial charge in [-0.25, -0.2) is 0 Å². The standard InChI is InChI=1S/C14H21NO2/c1-3-7-13(16)10-14(17)15-11(2)12-8-5-4-6-9-12/h4-6,8-9,11,13,16H,3,7,10H2,1-2H3,(H,15,17)/t11?,13-/m0/s1. The van der Waals surface area contributed by atoms with Gasteiger partial charge in [-0.05, 0) is 18.9 Å². The van der Waals surface area contributed by atoms with Crippen molar-refractivity contribution in [2.24, 2.45) is 0 Å². The van der Waals surface area contributed by atoms with Gasteiger partial charge >= 0.3 is 0 Å². The first-order valence-electron chi connectivity index (χ1n) is 6.15. The van der Waals surface area contributed by atoms with Gasteiger partial charge in [-0.2, -0.15) is 0 Å². The van der Waals surface area contributed by atoms with E-state index in [4.69, 9.17) is 0 Å². The summed E-state index contributed by atoms with van der Waals surface area (Å²) in [5.41, 5.74) is 1.07. The van der Waals surface area contributed by atoms with Gasteiger partial charge in [-0.15, -0.1) is 0 Å². The fourth-order valence-electron chi connectivity index (χ4n) is 1.77. The Kier molecular flexibility index (Phi) is 5.70. The molecule has 0 aliphatic carbocycles. The Balaban J connectivity index is 2.41. The van der Waals surface area contributed by atoms with E-state index in [9.17, 15) is 9.90 Å². The molecule has 1 unspecified atom stereocenters. The number of hydrogen-bond donors (Lipinski definition) is 2. The second-order valence-electron chi connectivity index (χ2n) is 4.35. The molecule has 0 spiro atoms. The molecule has 1 rings (SSSR count). The van der Waals surface area contributed by atoms with E-state index < -0.39 is 6.10 Å². The highest BCUT2D eigenvalue weighted by atomic mass is 16.3. The molecular weight excluding hydrogens is 214 g/mol. The third kappa shape index (κ3) is 5.00. The van der Waals surface area contributed by atoms with Gasteiger partial charge in [0.15, 0.2) is 0 Å². The molecule has 0 fully saturated rings. The molecule has 2 N–H and O–H groups in total. The van der Waals surface area contributed by atoms with Crippen LogP contribution in [0.5, 0.6) is 0 Å². The number of aliphatic hydroxyl groups excluding tert-OH is 1. The van der Waals surface area contributed by atoms with Gasteiger partial charge in [0.05, 0.1) is 18.6 Å². The molecule has 0 bridgehead atoms. The third-order valence-corrected chi connectivity index (χ3v) is 2.72. The molecule has 17 heavy (non-hydrogen) atoms. The second kappa shape index (κ2) is 7.07. The topological polar surface area (TPSA) is 49.3 Å². The average molecular weight is 235 g/mol. The molecule has 0 saturated carbocycles. The van der Waals surface area contributed by atoms with Gasteiger partial charge in [0.25, 0.3) is 0 Å². The Morgan fingerprint density at radius 2 is 2.00 bits per heavy atom. The van der Waals surface area contributed by atoms with E-state index in [0.717, 1.165) is 12.0 Å². The van der Waals surface area contributed by atoms with Crippen molar-refractivity contribution in [1.29, 1.82) is 0 Å². The Labute approximate surface area is 103 Å². The SMILES string of the molecule is CCC[C@H](O)CC(=O)NC(C)c1ccccc1. The highest BCUT2D eigenvalue weighted by Gasteiger charge is 2.13. The van der Waals surface area contributed by atoms with Crippen molar-refractivity contribution in [3.8, 4) is 0 Å². The van der Waals surface area contributed by atoms with Crippen LogP contribution in [0.2, 0.25) is 0 Å². The van der Waals surface area contributed by atoms with E-state index >= 15 is 0 Å². The average Bonchev–Trinajstić information content (AvgIpc) is 2.30. The second-order valence-corrected chi connectivity index (χ2v) is 4.35. The summed E-state index contributed by atoms with van der Waals surface area (Å²) in [6, 6.07) is 9.79. The summed E-state index contributed by atoms with van der Waals surface area (Å²) in [5.74, 6) is -0.0951. The quantitative estimate of drug-likeness (QED) is 0.795. The van der Waals surface area contributed by atoms with Gasteiger partial charge in [-0.1, -0.05) is 43.7 Å². The molecule has 0 aliphatic rings. The van der Waals surface area contributed by atoms with Crippen molar-refractivity contribution in [3.05, 3.63) is 35.9 Å². The third-order valence-electron chi connectivity index (χ3n) is 2.72. The Morgan fingerprint density at radius 1 is 1.35 bits per heavy atom. The van der Waals surface area contributed by atoms with E-state index in [1.807, 2.05) is 44.2 Å². The van der Waals surface area contributed by atoms with Crippen LogP contribution < -0.4 is 5.32 Å². The fourth-order valence-corrected chi connectivity index (χ4v) is 1.77. The summed E-state index contributed by atoms with van der Waals surface area (Å²) in [7, 11) is 0. The first-order valence-corrected chi connectivity index (χ1v) is 6.15. The largest absolute Gasteiger partial charge is 0.393 e. The maximum Gasteiger partial charge on any atom is 0.223 e. The monoisotopic (exact) mass is 235 g/mol. The molecule has 3 nitrogen and oxygen atoms in total. The maximum absolute atomic E-state index is 11.6. The normalized spacial score (nSPS) is 14.1. The number of aliphatic hydroxyl groups is 1. The number of nitrogens with one attached hydrogen (secondary N) is 1. The van der Waals surface area contributed by atoms with Crippen LogP contribution in [0.3, 0.4) is 0 Å². The van der Waals surface area contributed by atoms with Gasteiger partial charge in [0, 0.05) is 0 Å². The van der Waals surface area contributed by atoms with Crippen LogP contribution in [-0.4, -0.2) is 17.1 Å². The molecule has 3 heteroatoms. The highest BCUT2D eigenvalue weighted by Crippen LogP contribution is 2.11. The summed E-state index contributed by atoms with van der Waals surface area (Å²) in [6.07, 6.45) is 1.23. The summed E-state index contributed by atoms with van der Waals surface area (Å²) in [5, 5.41) is 12.4. The first-order chi connectivity index (χ1) is 8.13. The lowest BCUT2D eigenvalue weighted by atomic mass is 10.1. The molecule has 0 heterocycles. The first kappa shape index (κ1) is 13.7. The molecule has 0 aromatic heterocycles. The van der Waals surface area contributed by atoms with Crippen LogP contribution in [0, 0.1) is 0 Å². The fraction of sp³-hybridized carbons (Fsp3) is 0.500. The molecule has 0 aliphatic heterocycles. The zero-order valence-electron chi connectivity index (χ0n) is 10.5. The number of rotatable bonds is 6. The molecule has 2 atom stereocenters. The molecule has 1 amide bonds. The summed E-state index contributed by atoms with van der Waals surface area (Å²) in [4.78, 5) is 11.6. The van der Waals surface area contributed by atoms with Gasteiger partial charge in [0.2, 0.25) is 5.91 Å². The van der Waals surface area contributed by atoms with E-state index in [0.29, 0.717) is 6.42 Å². The van der Waals surface area contributed by atoms with Gasteiger partial charge < -0.3 is 10.4 Å². The van der Waals surface area contributed by atoms with E-state index in [1.54, 1.807) is 0 Å². The van der Waals surface area contributed by atoms with Crippen molar-refractivity contribution in [2.75, 3.05) is 0 Å². The number of benzene rings is 1. The van der Waals surface area contributed by atoms with Crippen molar-refractivity contribution >= 4 is 5.91 Å². The summed E-state index contributed by atoms with van der Waals surface area (Å²) >= 11 is 0. The predicted octanol–water partition coefficient (Wildman–Crippen LogP) is 2.41. The minimum Gasteiger partial charge on any atom is -0.393 e. The smallest absolute Gasteiger partial charge is 0.223 e. The molecule has 1 aromatic rings. The van der Waals surface area contributed by atoms with Crippen LogP contribution in [0.15, 0.2) is 30.3 Å². The van der Waals surface area contributed by atoms with Crippen LogP contribution in [0.1, 0.15) is 44.7 Å². The van der Waals surface area contributed by atoms with E-state index in [2.05, 4.69) is 5.32 Å². The molecule has 94 valence electrons. The number of hydrogen-bond acceptors (Lipinski definition) is 2. The predicted molar refractivity (Wildman–Crippen MR) is 68.5 cm³/mol. The number of carbonyl (C=O) groups excluding carboxylic acids is 1. The maximum atomic E-state index is 11.6. The van der Waals surface area contributed by atoms with Crippen LogP contribution in [0.4, 0.5) is 0 Å². The molecular formula is C14H21NO2. The summed E-state index contributed by atoms with van der Waals surface area (Å²) in [6.45, 7) is 3.94. The molecule has 0 radical (unpaired) electrons. The van der Waals surface area contributed by atoms with E-state index in [-0.39, 0.29) is 18.4 Å². The van der Waals surface area contributed by atoms with Crippen molar-refractivity contribution in [3.63, 3.8) is 0 Å². The number of amides is 1. The van der Waals surface area contributed by atoms with Crippen LogP contribution in [0.25, 0.3) is 0 Å².